The van der Waals surface area contributed by atoms with Crippen LogP contribution in [0.3, 0.4) is 0 Å². The van der Waals surface area contributed by atoms with Crippen LogP contribution < -0.4 is 4.74 Å². The summed E-state index contributed by atoms with van der Waals surface area (Å²) in [7, 11) is 1.53. The zero-order valence-corrected chi connectivity index (χ0v) is 29.2. The predicted molar refractivity (Wildman–Crippen MR) is 173 cm³/mol. The summed E-state index contributed by atoms with van der Waals surface area (Å²) in [6.45, 7) is 2.66. The highest BCUT2D eigenvalue weighted by Gasteiger charge is 2.77. The Hall–Kier alpha value is -3.69. The lowest BCUT2D eigenvalue weighted by atomic mass is 9.85. The molecule has 4 aliphatic heterocycles. The summed E-state index contributed by atoms with van der Waals surface area (Å²) < 4.78 is 57.9. The second kappa shape index (κ2) is 16.0. The Balaban J connectivity index is 1.23. The van der Waals surface area contributed by atoms with Gasteiger partial charge in [0.05, 0.1) is 44.7 Å². The summed E-state index contributed by atoms with van der Waals surface area (Å²) in [5, 5.41) is 51.3. The van der Waals surface area contributed by atoms with Crippen molar-refractivity contribution in [3.63, 3.8) is 0 Å². The minimum absolute atomic E-state index is 0.519. The average molecular weight is 753 g/mol. The van der Waals surface area contributed by atoms with E-state index < -0.39 is 128 Å². The predicted octanol–water partition coefficient (Wildman–Crippen LogP) is -1.32. The van der Waals surface area contributed by atoms with E-state index in [1.165, 1.54) is 19.4 Å². The standard InChI is InChI=1S/C35H44O18/c1-15-27(47-16(2)38)29(50-22(40)10-7-18-5-8-19(44-4)9-6-18)30(48-17(3)39)34(46-15)51-28-20-11-12-45-32(23(20)35(14-37)31(28)53-35)52-33-26(43)25(42)24(41)21(13-36)49-33/h5-12,15,20-21,23-34,36-37,41-43H,13-14H2,1-4H3/b10-7-/t15-,20+,21+,23+,24+,25-,26+,27-,28-,29+,30+,31-,32-,33-,34-,35+/m0/s1. The Labute approximate surface area is 303 Å². The van der Waals surface area contributed by atoms with Gasteiger partial charge in [-0.1, -0.05) is 12.1 Å². The Morgan fingerprint density at radius 3 is 2.17 bits per heavy atom. The first kappa shape index (κ1) is 39.0. The lowest BCUT2D eigenvalue weighted by Gasteiger charge is -2.45. The van der Waals surface area contributed by atoms with E-state index in [1.807, 2.05) is 0 Å². The van der Waals surface area contributed by atoms with Gasteiger partial charge >= 0.3 is 17.9 Å². The molecule has 6 rings (SSSR count). The number of aliphatic hydroxyl groups excluding tert-OH is 5. The van der Waals surface area contributed by atoms with Crippen LogP contribution in [-0.4, -0.2) is 149 Å². The highest BCUT2D eigenvalue weighted by atomic mass is 16.8. The van der Waals surface area contributed by atoms with Crippen molar-refractivity contribution in [2.75, 3.05) is 20.3 Å². The van der Waals surface area contributed by atoms with Crippen LogP contribution in [0.1, 0.15) is 26.3 Å². The maximum absolute atomic E-state index is 13.2. The fourth-order valence-electron chi connectivity index (χ4n) is 7.41. The molecule has 4 fully saturated rings. The summed E-state index contributed by atoms with van der Waals surface area (Å²) in [6, 6.07) is 6.86. The van der Waals surface area contributed by atoms with Crippen molar-refractivity contribution < 1.29 is 87.3 Å². The molecule has 3 saturated heterocycles. The molecular formula is C35H44O18. The highest BCUT2D eigenvalue weighted by molar-refractivity contribution is 5.87. The Kier molecular flexibility index (Phi) is 11.7. The SMILES string of the molecule is COc1ccc(/C=C\C(=O)O[C@@H]2[C@@H](OC(C)=O)[C@H](C)O[C@@H](O[C@H]3[C@@H]4C=CO[C@@H](O[C@@H]5O[C@H](CO)[C@@H](O)[C@H](O)[C@H]5O)[C@@H]4[C@@]4(CO)O[C@@H]34)[C@@H]2OC(C)=O)cc1. The lowest BCUT2D eigenvalue weighted by molar-refractivity contribution is -0.347. The number of aliphatic hydroxyl groups is 5. The van der Waals surface area contributed by atoms with Gasteiger partial charge in [-0.05, 0) is 36.8 Å². The monoisotopic (exact) mass is 752 g/mol. The molecule has 0 aromatic heterocycles. The molecule has 0 amide bonds. The van der Waals surface area contributed by atoms with Crippen molar-refractivity contribution in [1.29, 1.82) is 0 Å². The van der Waals surface area contributed by atoms with E-state index in [2.05, 4.69) is 0 Å². The van der Waals surface area contributed by atoms with Crippen LogP contribution >= 0.6 is 0 Å². The number of ether oxygens (including phenoxy) is 10. The molecule has 5 N–H and O–H groups in total. The third-order valence-corrected chi connectivity index (χ3v) is 10.0. The van der Waals surface area contributed by atoms with Crippen LogP contribution in [0.5, 0.6) is 5.75 Å². The van der Waals surface area contributed by atoms with E-state index in [-0.39, 0.29) is 0 Å². The van der Waals surface area contributed by atoms with E-state index in [1.54, 1.807) is 37.3 Å². The van der Waals surface area contributed by atoms with Gasteiger partial charge in [-0.15, -0.1) is 0 Å². The average Bonchev–Trinajstić information content (AvgIpc) is 3.81. The molecule has 0 radical (unpaired) electrons. The molecule has 0 unspecified atom stereocenters. The second-order valence-electron chi connectivity index (χ2n) is 13.4. The molecule has 16 atom stereocenters. The maximum atomic E-state index is 13.2. The van der Waals surface area contributed by atoms with E-state index >= 15 is 0 Å². The summed E-state index contributed by atoms with van der Waals surface area (Å²) in [5.74, 6) is -3.15. The first-order chi connectivity index (χ1) is 25.3. The number of rotatable bonds is 12. The molecule has 0 spiro atoms. The molecule has 18 nitrogen and oxygen atoms in total. The molecule has 1 aromatic rings. The topological polar surface area (TPSA) is 248 Å². The highest BCUT2D eigenvalue weighted by Crippen LogP contribution is 2.61. The molecule has 1 aromatic carbocycles. The quantitative estimate of drug-likeness (QED) is 0.0719. The van der Waals surface area contributed by atoms with E-state index in [9.17, 15) is 39.9 Å². The molecule has 0 bridgehead atoms. The van der Waals surface area contributed by atoms with Gasteiger partial charge in [0.2, 0.25) is 6.29 Å². The van der Waals surface area contributed by atoms with Crippen molar-refractivity contribution in [3.05, 3.63) is 48.2 Å². The Bertz CT molecular complexity index is 1530. The second-order valence-corrected chi connectivity index (χ2v) is 13.4. The lowest BCUT2D eigenvalue weighted by Crippen LogP contribution is -2.62. The van der Waals surface area contributed by atoms with Gasteiger partial charge in [-0.2, -0.15) is 0 Å². The number of fused-ring (bicyclic) bond motifs is 3. The number of hydrogen-bond acceptors (Lipinski definition) is 18. The third-order valence-electron chi connectivity index (χ3n) is 10.0. The maximum Gasteiger partial charge on any atom is 0.331 e. The number of hydrogen-bond donors (Lipinski definition) is 5. The minimum atomic E-state index is -1.73. The van der Waals surface area contributed by atoms with Crippen LogP contribution in [0.15, 0.2) is 42.7 Å². The Morgan fingerprint density at radius 2 is 1.53 bits per heavy atom. The normalized spacial score (nSPS) is 41.5. The largest absolute Gasteiger partial charge is 0.497 e. The van der Waals surface area contributed by atoms with Crippen LogP contribution in [0.2, 0.25) is 0 Å². The minimum Gasteiger partial charge on any atom is -0.497 e. The third kappa shape index (κ3) is 7.79. The fourth-order valence-corrected chi connectivity index (χ4v) is 7.41. The first-order valence-corrected chi connectivity index (χ1v) is 17.1. The van der Waals surface area contributed by atoms with Gasteiger partial charge in [0.1, 0.15) is 41.9 Å². The van der Waals surface area contributed by atoms with Crippen molar-refractivity contribution >= 4 is 24.0 Å². The van der Waals surface area contributed by atoms with Crippen molar-refractivity contribution in [1.82, 2.24) is 0 Å². The van der Waals surface area contributed by atoms with Crippen molar-refractivity contribution in [2.45, 2.75) is 106 Å². The summed E-state index contributed by atoms with van der Waals surface area (Å²) in [4.78, 5) is 37.8. The molecule has 1 saturated carbocycles. The van der Waals surface area contributed by atoms with E-state index in [0.717, 1.165) is 19.9 Å². The van der Waals surface area contributed by atoms with E-state index in [4.69, 9.17) is 47.4 Å². The number of carbonyl (C=O) groups excluding carboxylic acids is 3. The van der Waals surface area contributed by atoms with Crippen LogP contribution in [0.4, 0.5) is 0 Å². The number of methoxy groups -OCH3 is 1. The first-order valence-electron chi connectivity index (χ1n) is 17.1. The zero-order chi connectivity index (χ0) is 38.2. The van der Waals surface area contributed by atoms with Crippen molar-refractivity contribution in [2.24, 2.45) is 11.8 Å². The van der Waals surface area contributed by atoms with Gasteiger partial charge in [-0.25, -0.2) is 4.79 Å². The molecule has 1 aliphatic carbocycles. The molecule has 53 heavy (non-hydrogen) atoms. The Morgan fingerprint density at radius 1 is 0.830 bits per heavy atom. The smallest absolute Gasteiger partial charge is 0.331 e. The van der Waals surface area contributed by atoms with Crippen LogP contribution in [-0.2, 0) is 57.0 Å². The van der Waals surface area contributed by atoms with Gasteiger partial charge in [-0.3, -0.25) is 9.59 Å². The number of epoxide rings is 1. The van der Waals surface area contributed by atoms with Gasteiger partial charge in [0.15, 0.2) is 30.9 Å². The molecule has 18 heteroatoms. The zero-order valence-electron chi connectivity index (χ0n) is 29.2. The summed E-state index contributed by atoms with van der Waals surface area (Å²) in [6.07, 6.45) is -11.7. The molecule has 292 valence electrons. The van der Waals surface area contributed by atoms with Crippen molar-refractivity contribution in [3.8, 4) is 5.75 Å². The van der Waals surface area contributed by atoms with Gasteiger partial charge < -0.3 is 72.9 Å². The summed E-state index contributed by atoms with van der Waals surface area (Å²) in [5.41, 5.74) is -0.627. The van der Waals surface area contributed by atoms with Crippen LogP contribution in [0, 0.1) is 11.8 Å². The van der Waals surface area contributed by atoms with Crippen LogP contribution in [0.25, 0.3) is 6.08 Å². The van der Waals surface area contributed by atoms with E-state index in [0.29, 0.717) is 11.3 Å². The fraction of sp³-hybridized carbons (Fsp3) is 0.629. The molecule has 4 heterocycles. The molecular weight excluding hydrogens is 708 g/mol. The molecule has 5 aliphatic rings. The number of esters is 3. The number of carbonyl (C=O) groups is 3. The summed E-state index contributed by atoms with van der Waals surface area (Å²) >= 11 is 0. The number of benzene rings is 1. The van der Waals surface area contributed by atoms with Gasteiger partial charge in [0, 0.05) is 25.8 Å². The van der Waals surface area contributed by atoms with Gasteiger partial charge in [0.25, 0.3) is 0 Å².